The highest BCUT2D eigenvalue weighted by Crippen LogP contribution is 2.33. The minimum absolute atomic E-state index is 0.0644. The number of H-pyrrole nitrogens is 1. The maximum atomic E-state index is 13.2. The van der Waals surface area contributed by atoms with Crippen LogP contribution in [0.25, 0.3) is 11.3 Å². The lowest BCUT2D eigenvalue weighted by Crippen LogP contribution is -2.37. The number of hydrogen-bond acceptors (Lipinski definition) is 4. The Morgan fingerprint density at radius 1 is 1.05 bits per heavy atom. The van der Waals surface area contributed by atoms with Crippen LogP contribution in [0, 0.1) is 5.92 Å². The summed E-state index contributed by atoms with van der Waals surface area (Å²) in [6, 6.07) is 9.70. The third-order valence-electron chi connectivity index (χ3n) is 5.55. The first-order chi connectivity index (χ1) is 17.2. The summed E-state index contributed by atoms with van der Waals surface area (Å²) in [7, 11) is -4.92. The summed E-state index contributed by atoms with van der Waals surface area (Å²) in [4.78, 5) is 0. The van der Waals surface area contributed by atoms with Gasteiger partial charge in [0.05, 0.1) is 36.3 Å². The molecule has 1 heterocycles. The molecule has 3 aromatic rings. The number of halogens is 6. The minimum Gasteiger partial charge on any atom is -0.493 e. The van der Waals surface area contributed by atoms with E-state index in [1.807, 2.05) is 13.8 Å². The number of hydrogen-bond donors (Lipinski definition) is 1. The lowest BCUT2D eigenvalue weighted by molar-refractivity contribution is -0.137. The van der Waals surface area contributed by atoms with E-state index in [1.165, 1.54) is 24.4 Å². The number of nitrogens with one attached hydrogen (secondary N) is 1. The highest BCUT2D eigenvalue weighted by Gasteiger charge is 2.39. The fourth-order valence-corrected chi connectivity index (χ4v) is 4.72. The van der Waals surface area contributed by atoms with Gasteiger partial charge < -0.3 is 4.74 Å². The molecule has 1 aromatic heterocycles. The van der Waals surface area contributed by atoms with E-state index in [4.69, 9.17) is 4.74 Å². The topological polar surface area (TPSA) is 75.3 Å². The number of anilines is 1. The van der Waals surface area contributed by atoms with E-state index in [0.717, 1.165) is 30.7 Å². The lowest BCUT2D eigenvalue weighted by Gasteiger charge is -2.25. The molecule has 0 radical (unpaired) electrons. The first-order valence-electron chi connectivity index (χ1n) is 11.2. The number of alkyl halides is 6. The predicted octanol–water partition coefficient (Wildman–Crippen LogP) is 6.42. The van der Waals surface area contributed by atoms with Crippen LogP contribution in [0.1, 0.15) is 31.4 Å². The van der Waals surface area contributed by atoms with Crippen molar-refractivity contribution < 1.29 is 39.5 Å². The average Bonchev–Trinajstić information content (AvgIpc) is 3.27. The van der Waals surface area contributed by atoms with Crippen LogP contribution in [0.15, 0.2) is 54.7 Å². The van der Waals surface area contributed by atoms with Crippen molar-refractivity contribution in [3.63, 3.8) is 0 Å². The first kappa shape index (κ1) is 28.4. The number of nitrogens with zero attached hydrogens (tertiary/aromatic N) is 2. The Hall–Kier alpha value is -3.22. The van der Waals surface area contributed by atoms with Crippen LogP contribution in [0.4, 0.5) is 32.0 Å². The van der Waals surface area contributed by atoms with E-state index in [0.29, 0.717) is 10.9 Å². The van der Waals surface area contributed by atoms with Gasteiger partial charge in [0.1, 0.15) is 5.75 Å². The van der Waals surface area contributed by atoms with Crippen molar-refractivity contribution in [3.05, 3.63) is 65.9 Å². The van der Waals surface area contributed by atoms with Crippen molar-refractivity contribution in [3.8, 4) is 17.0 Å². The molecular weight excluding hydrogens is 524 g/mol. The molecule has 1 atom stereocenters. The van der Waals surface area contributed by atoms with Gasteiger partial charge in [0, 0.05) is 11.6 Å². The molecule has 0 aliphatic rings. The Labute approximate surface area is 210 Å². The summed E-state index contributed by atoms with van der Waals surface area (Å²) >= 11 is 0. The Bertz CT molecular complexity index is 1290. The lowest BCUT2D eigenvalue weighted by atomic mass is 10.1. The Balaban J connectivity index is 1.99. The number of ether oxygens (including phenoxy) is 1. The third-order valence-corrected chi connectivity index (χ3v) is 7.26. The van der Waals surface area contributed by atoms with Crippen molar-refractivity contribution in [1.29, 1.82) is 0 Å². The number of aromatic nitrogens is 2. The van der Waals surface area contributed by atoms with Gasteiger partial charge in [-0.05, 0) is 35.7 Å². The molecule has 13 heteroatoms. The van der Waals surface area contributed by atoms with Crippen LogP contribution >= 0.6 is 0 Å². The zero-order valence-electron chi connectivity index (χ0n) is 19.9. The number of aromatic amines is 1. The van der Waals surface area contributed by atoms with Gasteiger partial charge in [-0.1, -0.05) is 38.5 Å². The van der Waals surface area contributed by atoms with Crippen LogP contribution in [-0.4, -0.2) is 37.2 Å². The highest BCUT2D eigenvalue weighted by atomic mass is 32.2. The molecule has 0 saturated carbocycles. The summed E-state index contributed by atoms with van der Waals surface area (Å²) in [5, 5.41) is 6.42. The molecule has 2 aromatic carbocycles. The van der Waals surface area contributed by atoms with E-state index >= 15 is 0 Å². The van der Waals surface area contributed by atoms with Crippen molar-refractivity contribution in [2.75, 3.05) is 16.7 Å². The monoisotopic (exact) mass is 549 g/mol. The molecule has 0 aliphatic carbocycles. The van der Waals surface area contributed by atoms with E-state index in [-0.39, 0.29) is 34.2 Å². The number of sulfonamides is 1. The maximum Gasteiger partial charge on any atom is 0.416 e. The second-order valence-electron chi connectivity index (χ2n) is 8.55. The third kappa shape index (κ3) is 7.63. The molecule has 3 rings (SSSR count). The molecule has 1 N–H and O–H groups in total. The number of rotatable bonds is 10. The zero-order chi connectivity index (χ0) is 27.4. The molecule has 6 nitrogen and oxygen atoms in total. The zero-order valence-corrected chi connectivity index (χ0v) is 20.7. The van der Waals surface area contributed by atoms with Gasteiger partial charge in [-0.3, -0.25) is 9.40 Å². The summed E-state index contributed by atoms with van der Waals surface area (Å²) in [5.41, 5.74) is -0.368. The van der Waals surface area contributed by atoms with Gasteiger partial charge in [-0.25, -0.2) is 8.42 Å². The van der Waals surface area contributed by atoms with Gasteiger partial charge in [0.2, 0.25) is 10.0 Å². The van der Waals surface area contributed by atoms with Gasteiger partial charge in [0.15, 0.2) is 5.75 Å². The second kappa shape index (κ2) is 11.0. The van der Waals surface area contributed by atoms with Crippen molar-refractivity contribution in [2.45, 2.75) is 39.2 Å². The minimum atomic E-state index is -5.01. The van der Waals surface area contributed by atoms with E-state index < -0.39 is 40.2 Å². The van der Waals surface area contributed by atoms with Crippen LogP contribution in [-0.2, 0) is 22.7 Å². The van der Waals surface area contributed by atoms with E-state index in [2.05, 4.69) is 10.2 Å². The predicted molar refractivity (Wildman–Crippen MR) is 126 cm³/mol. The van der Waals surface area contributed by atoms with Crippen molar-refractivity contribution >= 4 is 15.7 Å². The van der Waals surface area contributed by atoms with Crippen LogP contribution < -0.4 is 9.04 Å². The van der Waals surface area contributed by atoms with E-state index in [9.17, 15) is 34.8 Å². The standard InChI is InChI=1S/C24H25F6N3O3S/c1-3-16(2)14-36-21-6-4-5-20(11-21)33(37(34,35)15-23(25,26)27)13-18-12-31-32-22(18)17-7-9-19(10-8-17)24(28,29)30/h4-12,16H,3,13-15H2,1-2H3,(H,31,32). The normalized spacial score (nSPS) is 13.4. The largest absolute Gasteiger partial charge is 0.493 e. The molecule has 0 fully saturated rings. The molecular formula is C24H25F6N3O3S. The molecule has 202 valence electrons. The van der Waals surface area contributed by atoms with Crippen LogP contribution in [0.3, 0.4) is 0 Å². The smallest absolute Gasteiger partial charge is 0.416 e. The molecule has 1 unspecified atom stereocenters. The summed E-state index contributed by atoms with van der Waals surface area (Å²) in [5.74, 6) is -1.63. The highest BCUT2D eigenvalue weighted by molar-refractivity contribution is 7.92. The van der Waals surface area contributed by atoms with Crippen LogP contribution in [0.2, 0.25) is 0 Å². The quantitative estimate of drug-likeness (QED) is 0.296. The summed E-state index contributed by atoms with van der Waals surface area (Å²) in [6.07, 6.45) is -7.51. The molecule has 0 saturated heterocycles. The fourth-order valence-electron chi connectivity index (χ4n) is 3.38. The van der Waals surface area contributed by atoms with Gasteiger partial charge in [0.25, 0.3) is 0 Å². The maximum absolute atomic E-state index is 13.2. The van der Waals surface area contributed by atoms with Crippen LogP contribution in [0.5, 0.6) is 5.75 Å². The fraction of sp³-hybridized carbons (Fsp3) is 0.375. The Kier molecular flexibility index (Phi) is 8.45. The van der Waals surface area contributed by atoms with Gasteiger partial charge in [-0.15, -0.1) is 0 Å². The average molecular weight is 550 g/mol. The summed E-state index contributed by atoms with van der Waals surface area (Å²) in [6.45, 7) is 3.69. The van der Waals surface area contributed by atoms with Gasteiger partial charge in [-0.2, -0.15) is 31.4 Å². The molecule has 0 aliphatic heterocycles. The van der Waals surface area contributed by atoms with Crippen molar-refractivity contribution in [2.24, 2.45) is 5.92 Å². The summed E-state index contributed by atoms with van der Waals surface area (Å²) < 4.78 is 110. The first-order valence-corrected chi connectivity index (χ1v) is 12.8. The van der Waals surface area contributed by atoms with E-state index in [1.54, 1.807) is 6.07 Å². The second-order valence-corrected chi connectivity index (χ2v) is 10.4. The van der Waals surface area contributed by atoms with Gasteiger partial charge >= 0.3 is 12.4 Å². The Morgan fingerprint density at radius 3 is 2.32 bits per heavy atom. The van der Waals surface area contributed by atoms with Crippen molar-refractivity contribution in [1.82, 2.24) is 10.2 Å². The molecule has 0 spiro atoms. The molecule has 0 amide bonds. The molecule has 37 heavy (non-hydrogen) atoms. The molecule has 0 bridgehead atoms. The number of benzene rings is 2. The SMILES string of the molecule is CCC(C)COc1cccc(N(Cc2cn[nH]c2-c2ccc(C(F)(F)F)cc2)S(=O)(=O)CC(F)(F)F)c1. The Morgan fingerprint density at radius 2 is 1.73 bits per heavy atom.